The zero-order chi connectivity index (χ0) is 14.5. The monoisotopic (exact) mass is 271 g/mol. The number of carbonyl (C=O) groups excluding carboxylic acids is 2. The number of H-pyrrole nitrogens is 1. The third-order valence-corrected chi connectivity index (χ3v) is 2.55. The lowest BCUT2D eigenvalue weighted by atomic mass is 10.1. The molecule has 20 heavy (non-hydrogen) atoms. The van der Waals surface area contributed by atoms with E-state index in [1.165, 1.54) is 6.33 Å². The SMILES string of the molecule is CC(=Cc1ccccc1)C(=O)Oc1nc[nH]c1C(N)=O. The van der Waals surface area contributed by atoms with Gasteiger partial charge in [0.25, 0.3) is 11.8 Å². The molecule has 6 nitrogen and oxygen atoms in total. The van der Waals surface area contributed by atoms with E-state index < -0.39 is 11.9 Å². The third kappa shape index (κ3) is 3.11. The minimum Gasteiger partial charge on any atom is -0.402 e. The number of imidazole rings is 1. The number of esters is 1. The summed E-state index contributed by atoms with van der Waals surface area (Å²) in [4.78, 5) is 29.2. The van der Waals surface area contributed by atoms with Crippen LogP contribution in [0.5, 0.6) is 5.88 Å². The molecule has 0 bridgehead atoms. The summed E-state index contributed by atoms with van der Waals surface area (Å²) in [5.41, 5.74) is 6.34. The van der Waals surface area contributed by atoms with Gasteiger partial charge in [0.15, 0.2) is 5.69 Å². The molecule has 1 aromatic carbocycles. The van der Waals surface area contributed by atoms with E-state index in [9.17, 15) is 9.59 Å². The van der Waals surface area contributed by atoms with Crippen LogP contribution in [0.15, 0.2) is 42.2 Å². The molecule has 0 unspecified atom stereocenters. The maximum absolute atomic E-state index is 11.9. The Kier molecular flexibility index (Phi) is 3.95. The first-order valence-electron chi connectivity index (χ1n) is 5.86. The van der Waals surface area contributed by atoms with E-state index in [0.29, 0.717) is 5.57 Å². The number of hydrogen-bond donors (Lipinski definition) is 2. The number of nitrogens with two attached hydrogens (primary N) is 1. The van der Waals surface area contributed by atoms with Crippen molar-refractivity contribution in [3.8, 4) is 5.88 Å². The molecule has 1 amide bonds. The molecule has 2 aromatic rings. The number of rotatable bonds is 4. The zero-order valence-corrected chi connectivity index (χ0v) is 10.8. The summed E-state index contributed by atoms with van der Waals surface area (Å²) >= 11 is 0. The highest BCUT2D eigenvalue weighted by Gasteiger charge is 2.16. The highest BCUT2D eigenvalue weighted by molar-refractivity contribution is 5.97. The Labute approximate surface area is 115 Å². The lowest BCUT2D eigenvalue weighted by molar-refractivity contribution is -0.130. The molecule has 0 saturated heterocycles. The number of nitrogens with zero attached hydrogens (tertiary/aromatic N) is 1. The second-order valence-electron chi connectivity index (χ2n) is 4.07. The molecule has 0 spiro atoms. The van der Waals surface area contributed by atoms with Crippen LogP contribution in [0.25, 0.3) is 6.08 Å². The van der Waals surface area contributed by atoms with Gasteiger partial charge in [-0.2, -0.15) is 0 Å². The van der Waals surface area contributed by atoms with Crippen molar-refractivity contribution < 1.29 is 14.3 Å². The van der Waals surface area contributed by atoms with E-state index in [4.69, 9.17) is 10.5 Å². The number of aromatic nitrogens is 2. The number of ether oxygens (including phenoxy) is 1. The topological polar surface area (TPSA) is 98.1 Å². The molecule has 0 aliphatic heterocycles. The number of benzene rings is 1. The van der Waals surface area contributed by atoms with Gasteiger partial charge in [-0.25, -0.2) is 9.78 Å². The molecule has 6 heteroatoms. The maximum Gasteiger partial charge on any atom is 0.340 e. The Hall–Kier alpha value is -2.89. The fraction of sp³-hybridized carbons (Fsp3) is 0.0714. The Balaban J connectivity index is 2.14. The van der Waals surface area contributed by atoms with Crippen LogP contribution in [0.1, 0.15) is 23.0 Å². The second-order valence-corrected chi connectivity index (χ2v) is 4.07. The minimum atomic E-state index is -0.741. The van der Waals surface area contributed by atoms with Crippen LogP contribution in [-0.2, 0) is 4.79 Å². The fourth-order valence-corrected chi connectivity index (χ4v) is 1.56. The first-order valence-corrected chi connectivity index (χ1v) is 5.86. The molecule has 0 radical (unpaired) electrons. The number of amides is 1. The van der Waals surface area contributed by atoms with E-state index in [0.717, 1.165) is 5.56 Å². The van der Waals surface area contributed by atoms with Crippen molar-refractivity contribution in [2.75, 3.05) is 0 Å². The van der Waals surface area contributed by atoms with Crippen molar-refractivity contribution in [1.29, 1.82) is 0 Å². The van der Waals surface area contributed by atoms with Gasteiger partial charge < -0.3 is 15.5 Å². The maximum atomic E-state index is 11.9. The molecule has 0 aliphatic rings. The third-order valence-electron chi connectivity index (χ3n) is 2.55. The predicted octanol–water partition coefficient (Wildman–Crippen LogP) is 1.52. The van der Waals surface area contributed by atoms with Gasteiger partial charge in [-0.15, -0.1) is 0 Å². The number of nitrogens with one attached hydrogen (secondary N) is 1. The second kappa shape index (κ2) is 5.83. The average molecular weight is 271 g/mol. The van der Waals surface area contributed by atoms with Crippen LogP contribution in [0, 0.1) is 0 Å². The highest BCUT2D eigenvalue weighted by Crippen LogP contribution is 2.14. The Morgan fingerprint density at radius 1 is 1.30 bits per heavy atom. The molecule has 0 atom stereocenters. The first kappa shape index (κ1) is 13.5. The quantitative estimate of drug-likeness (QED) is 0.650. The molecular weight excluding hydrogens is 258 g/mol. The largest absolute Gasteiger partial charge is 0.402 e. The van der Waals surface area contributed by atoms with Gasteiger partial charge in [0.1, 0.15) is 0 Å². The lowest BCUT2D eigenvalue weighted by Gasteiger charge is -2.03. The summed E-state index contributed by atoms with van der Waals surface area (Å²) in [5.74, 6) is -1.46. The van der Waals surface area contributed by atoms with Crippen molar-refractivity contribution in [1.82, 2.24) is 9.97 Å². The molecule has 3 N–H and O–H groups in total. The van der Waals surface area contributed by atoms with E-state index >= 15 is 0 Å². The van der Waals surface area contributed by atoms with Gasteiger partial charge >= 0.3 is 5.97 Å². The summed E-state index contributed by atoms with van der Waals surface area (Å²) in [6.45, 7) is 1.62. The average Bonchev–Trinajstić information content (AvgIpc) is 2.88. The van der Waals surface area contributed by atoms with Crippen LogP contribution in [-0.4, -0.2) is 21.8 Å². The fourth-order valence-electron chi connectivity index (χ4n) is 1.56. The van der Waals surface area contributed by atoms with E-state index in [1.54, 1.807) is 13.0 Å². The summed E-state index contributed by atoms with van der Waals surface area (Å²) in [6.07, 6.45) is 2.91. The van der Waals surface area contributed by atoms with E-state index in [2.05, 4.69) is 9.97 Å². The van der Waals surface area contributed by atoms with Gasteiger partial charge in [0.2, 0.25) is 0 Å². The number of carbonyl (C=O) groups is 2. The number of primary amides is 1. The Morgan fingerprint density at radius 2 is 2.00 bits per heavy atom. The van der Waals surface area contributed by atoms with Gasteiger partial charge in [0.05, 0.1) is 6.33 Å². The normalized spacial score (nSPS) is 11.2. The molecule has 0 saturated carbocycles. The number of aromatic amines is 1. The molecule has 102 valence electrons. The van der Waals surface area contributed by atoms with Crippen LogP contribution in [0.4, 0.5) is 0 Å². The molecule has 1 aromatic heterocycles. The molecule has 1 heterocycles. The predicted molar refractivity (Wildman–Crippen MR) is 72.8 cm³/mol. The molecular formula is C14H13N3O3. The van der Waals surface area contributed by atoms with Crippen LogP contribution in [0.3, 0.4) is 0 Å². The molecule has 0 fully saturated rings. The minimum absolute atomic E-state index is 0.0362. The summed E-state index contributed by atoms with van der Waals surface area (Å²) in [6, 6.07) is 9.33. The van der Waals surface area contributed by atoms with Crippen molar-refractivity contribution >= 4 is 18.0 Å². The lowest BCUT2D eigenvalue weighted by Crippen LogP contribution is -2.16. The number of hydrogen-bond acceptors (Lipinski definition) is 4. The van der Waals surface area contributed by atoms with Crippen LogP contribution in [0.2, 0.25) is 0 Å². The van der Waals surface area contributed by atoms with Crippen LogP contribution >= 0.6 is 0 Å². The first-order chi connectivity index (χ1) is 9.58. The van der Waals surface area contributed by atoms with Gasteiger partial charge in [0, 0.05) is 5.57 Å². The molecule has 2 rings (SSSR count). The highest BCUT2D eigenvalue weighted by atomic mass is 16.5. The van der Waals surface area contributed by atoms with E-state index in [-0.39, 0.29) is 11.6 Å². The summed E-state index contributed by atoms with van der Waals surface area (Å²) in [7, 11) is 0. The Bertz CT molecular complexity index is 659. The zero-order valence-electron chi connectivity index (χ0n) is 10.8. The van der Waals surface area contributed by atoms with Gasteiger partial charge in [-0.3, -0.25) is 4.79 Å². The van der Waals surface area contributed by atoms with Gasteiger partial charge in [-0.05, 0) is 18.6 Å². The standard InChI is InChI=1S/C14H13N3O3/c1-9(7-10-5-3-2-4-6-10)14(19)20-13-11(12(15)18)16-8-17-13/h2-8H,1H3,(H2,15,18)(H,16,17). The Morgan fingerprint density at radius 3 is 2.65 bits per heavy atom. The smallest absolute Gasteiger partial charge is 0.340 e. The van der Waals surface area contributed by atoms with Crippen LogP contribution < -0.4 is 10.5 Å². The van der Waals surface area contributed by atoms with Crippen molar-refractivity contribution in [3.05, 3.63) is 53.5 Å². The summed E-state index contributed by atoms with van der Waals surface area (Å²) in [5, 5.41) is 0. The summed E-state index contributed by atoms with van der Waals surface area (Å²) < 4.78 is 5.03. The molecule has 0 aliphatic carbocycles. The van der Waals surface area contributed by atoms with Gasteiger partial charge in [-0.1, -0.05) is 30.3 Å². The van der Waals surface area contributed by atoms with Crippen molar-refractivity contribution in [3.63, 3.8) is 0 Å². The van der Waals surface area contributed by atoms with Crippen molar-refractivity contribution in [2.24, 2.45) is 5.73 Å². The van der Waals surface area contributed by atoms with E-state index in [1.807, 2.05) is 30.3 Å². The van der Waals surface area contributed by atoms with Crippen molar-refractivity contribution in [2.45, 2.75) is 6.92 Å².